The molecule has 1 heterocycles. The van der Waals surface area contributed by atoms with Crippen molar-refractivity contribution < 1.29 is 9.53 Å². The van der Waals surface area contributed by atoms with Gasteiger partial charge in [-0.25, -0.2) is 9.97 Å². The first-order valence-corrected chi connectivity index (χ1v) is 3.83. The van der Waals surface area contributed by atoms with Crippen molar-refractivity contribution in [2.75, 3.05) is 5.73 Å². The second-order valence-electron chi connectivity index (χ2n) is 2.66. The largest absolute Gasteiger partial charge is 0.458 e. The fourth-order valence-corrected chi connectivity index (χ4v) is 0.952. The molecule has 0 aromatic carbocycles. The number of carbonyl (C=O) groups excluding carboxylic acids is 1. The third-order valence-corrected chi connectivity index (χ3v) is 1.59. The molecular weight excluding hydrogens is 170 g/mol. The highest BCUT2D eigenvalue weighted by molar-refractivity contribution is 5.41. The summed E-state index contributed by atoms with van der Waals surface area (Å²) in [5, 5.41) is 0. The zero-order chi connectivity index (χ0) is 9.84. The number of aromatic nitrogens is 2. The van der Waals surface area contributed by atoms with Crippen LogP contribution in [0.2, 0.25) is 0 Å². The van der Waals surface area contributed by atoms with E-state index in [2.05, 4.69) is 9.97 Å². The van der Waals surface area contributed by atoms with E-state index in [-0.39, 0.29) is 0 Å². The number of aryl methyl sites for hydroxylation is 1. The van der Waals surface area contributed by atoms with Gasteiger partial charge < -0.3 is 10.5 Å². The van der Waals surface area contributed by atoms with Crippen LogP contribution in [-0.4, -0.2) is 16.4 Å². The molecule has 1 aromatic rings. The molecule has 0 spiro atoms. The van der Waals surface area contributed by atoms with E-state index < -0.39 is 6.10 Å². The molecule has 1 atom stereocenters. The lowest BCUT2D eigenvalue weighted by molar-refractivity contribution is -0.133. The lowest BCUT2D eigenvalue weighted by atomic mass is 10.2. The van der Waals surface area contributed by atoms with Gasteiger partial charge in [0.15, 0.2) is 0 Å². The number of anilines is 1. The molecule has 0 bridgehead atoms. The number of nitrogens with two attached hydrogens (primary N) is 1. The van der Waals surface area contributed by atoms with Crippen LogP contribution in [0.15, 0.2) is 6.20 Å². The Hall–Kier alpha value is -1.65. The molecule has 5 nitrogen and oxygen atoms in total. The summed E-state index contributed by atoms with van der Waals surface area (Å²) in [5.74, 6) is 0.292. The average Bonchev–Trinajstić information content (AvgIpc) is 2.09. The van der Waals surface area contributed by atoms with Gasteiger partial charge in [0.05, 0.1) is 11.9 Å². The van der Waals surface area contributed by atoms with Gasteiger partial charge in [0.2, 0.25) is 0 Å². The van der Waals surface area contributed by atoms with Gasteiger partial charge in [-0.15, -0.1) is 0 Å². The first-order valence-electron chi connectivity index (χ1n) is 3.83. The van der Waals surface area contributed by atoms with Gasteiger partial charge >= 0.3 is 0 Å². The SMILES string of the molecule is Cc1cnc(N)c(C(C)OC=O)n1. The zero-order valence-corrected chi connectivity index (χ0v) is 7.52. The van der Waals surface area contributed by atoms with Gasteiger partial charge in [-0.2, -0.15) is 0 Å². The molecule has 0 saturated carbocycles. The topological polar surface area (TPSA) is 78.1 Å². The number of carbonyl (C=O) groups is 1. The molecule has 13 heavy (non-hydrogen) atoms. The third-order valence-electron chi connectivity index (χ3n) is 1.59. The molecule has 70 valence electrons. The first kappa shape index (κ1) is 9.44. The van der Waals surface area contributed by atoms with E-state index in [9.17, 15) is 4.79 Å². The Morgan fingerprint density at radius 2 is 2.38 bits per heavy atom. The van der Waals surface area contributed by atoms with Crippen molar-refractivity contribution in [1.29, 1.82) is 0 Å². The van der Waals surface area contributed by atoms with E-state index in [0.717, 1.165) is 5.69 Å². The monoisotopic (exact) mass is 181 g/mol. The highest BCUT2D eigenvalue weighted by Gasteiger charge is 2.12. The molecule has 2 N–H and O–H groups in total. The molecule has 0 aliphatic heterocycles. The van der Waals surface area contributed by atoms with Crippen molar-refractivity contribution in [3.05, 3.63) is 17.6 Å². The molecular formula is C8H11N3O2. The molecule has 1 aromatic heterocycles. The molecule has 0 saturated heterocycles. The maximum atomic E-state index is 10.1. The third kappa shape index (κ3) is 2.14. The maximum absolute atomic E-state index is 10.1. The number of nitrogens with zero attached hydrogens (tertiary/aromatic N) is 2. The quantitative estimate of drug-likeness (QED) is 0.691. The predicted molar refractivity (Wildman–Crippen MR) is 46.7 cm³/mol. The van der Waals surface area contributed by atoms with Gasteiger partial charge in [0.25, 0.3) is 6.47 Å². The minimum atomic E-state index is -0.454. The van der Waals surface area contributed by atoms with E-state index in [1.54, 1.807) is 20.0 Å². The predicted octanol–water partition coefficient (Wildman–Crippen LogP) is 0.601. The normalized spacial score (nSPS) is 12.2. The summed E-state index contributed by atoms with van der Waals surface area (Å²) in [5.41, 5.74) is 6.79. The summed E-state index contributed by atoms with van der Waals surface area (Å²) in [4.78, 5) is 18.1. The Kier molecular flexibility index (Phi) is 2.79. The van der Waals surface area contributed by atoms with Crippen molar-refractivity contribution in [3.63, 3.8) is 0 Å². The number of nitrogen functional groups attached to an aromatic ring is 1. The van der Waals surface area contributed by atoms with Crippen LogP contribution < -0.4 is 5.73 Å². The van der Waals surface area contributed by atoms with Gasteiger partial charge in [0, 0.05) is 0 Å². The van der Waals surface area contributed by atoms with Crippen LogP contribution >= 0.6 is 0 Å². The Labute approximate surface area is 75.9 Å². The Morgan fingerprint density at radius 3 is 3.00 bits per heavy atom. The highest BCUT2D eigenvalue weighted by atomic mass is 16.5. The van der Waals surface area contributed by atoms with Crippen LogP contribution in [0.5, 0.6) is 0 Å². The summed E-state index contributed by atoms with van der Waals surface area (Å²) in [7, 11) is 0. The van der Waals surface area contributed by atoms with Crippen molar-refractivity contribution in [1.82, 2.24) is 9.97 Å². The van der Waals surface area contributed by atoms with E-state index in [4.69, 9.17) is 10.5 Å². The fraction of sp³-hybridized carbons (Fsp3) is 0.375. The molecule has 0 radical (unpaired) electrons. The number of hydrogen-bond donors (Lipinski definition) is 1. The smallest absolute Gasteiger partial charge is 0.293 e. The van der Waals surface area contributed by atoms with Crippen LogP contribution in [0.3, 0.4) is 0 Å². The minimum absolute atomic E-state index is 0.292. The van der Waals surface area contributed by atoms with Gasteiger partial charge in [-0.05, 0) is 13.8 Å². The second kappa shape index (κ2) is 3.84. The summed E-state index contributed by atoms with van der Waals surface area (Å²) in [6.07, 6.45) is 1.11. The standard InChI is InChI=1S/C8H11N3O2/c1-5-3-10-8(9)7(11-5)6(2)13-4-12/h3-4,6H,1-2H3,(H2,9,10). The second-order valence-corrected chi connectivity index (χ2v) is 2.66. The molecule has 0 aliphatic carbocycles. The molecule has 0 fully saturated rings. The van der Waals surface area contributed by atoms with Crippen molar-refractivity contribution in [2.24, 2.45) is 0 Å². The van der Waals surface area contributed by atoms with E-state index in [0.29, 0.717) is 18.0 Å². The van der Waals surface area contributed by atoms with Crippen molar-refractivity contribution in [3.8, 4) is 0 Å². The Morgan fingerprint density at radius 1 is 1.69 bits per heavy atom. The van der Waals surface area contributed by atoms with E-state index in [1.807, 2.05) is 0 Å². The van der Waals surface area contributed by atoms with Crippen LogP contribution in [0.1, 0.15) is 24.4 Å². The summed E-state index contributed by atoms with van der Waals surface area (Å²) >= 11 is 0. The summed E-state index contributed by atoms with van der Waals surface area (Å²) < 4.78 is 4.70. The van der Waals surface area contributed by atoms with Gasteiger partial charge in [0.1, 0.15) is 17.6 Å². The first-order chi connectivity index (χ1) is 6.15. The summed E-state index contributed by atoms with van der Waals surface area (Å²) in [6.45, 7) is 3.85. The Balaban J connectivity index is 2.97. The van der Waals surface area contributed by atoms with Crippen LogP contribution in [0, 0.1) is 6.92 Å². The van der Waals surface area contributed by atoms with Crippen molar-refractivity contribution >= 4 is 12.3 Å². The summed E-state index contributed by atoms with van der Waals surface area (Å²) in [6, 6.07) is 0. The highest BCUT2D eigenvalue weighted by Crippen LogP contribution is 2.17. The van der Waals surface area contributed by atoms with Gasteiger partial charge in [-0.3, -0.25) is 4.79 Å². The zero-order valence-electron chi connectivity index (χ0n) is 7.52. The van der Waals surface area contributed by atoms with Crippen molar-refractivity contribution in [2.45, 2.75) is 20.0 Å². The van der Waals surface area contributed by atoms with E-state index in [1.165, 1.54) is 0 Å². The Bertz CT molecular complexity index is 314. The van der Waals surface area contributed by atoms with Crippen LogP contribution in [0.25, 0.3) is 0 Å². The molecule has 5 heteroatoms. The fourth-order valence-electron chi connectivity index (χ4n) is 0.952. The molecule has 1 rings (SSSR count). The molecule has 1 unspecified atom stereocenters. The van der Waals surface area contributed by atoms with Crippen LogP contribution in [0.4, 0.5) is 5.82 Å². The number of ether oxygens (including phenoxy) is 1. The minimum Gasteiger partial charge on any atom is -0.458 e. The van der Waals surface area contributed by atoms with Gasteiger partial charge in [-0.1, -0.05) is 0 Å². The number of rotatable bonds is 3. The maximum Gasteiger partial charge on any atom is 0.293 e. The van der Waals surface area contributed by atoms with Crippen LogP contribution in [-0.2, 0) is 9.53 Å². The molecule has 0 amide bonds. The molecule has 0 aliphatic rings. The van der Waals surface area contributed by atoms with E-state index >= 15 is 0 Å². The lowest BCUT2D eigenvalue weighted by Gasteiger charge is -2.10. The average molecular weight is 181 g/mol. The number of hydrogen-bond acceptors (Lipinski definition) is 5. The lowest BCUT2D eigenvalue weighted by Crippen LogP contribution is -2.08.